The first kappa shape index (κ1) is 18.0. The number of amides is 2. The molecule has 0 aliphatic heterocycles. The molecule has 5 nitrogen and oxygen atoms in total. The highest BCUT2D eigenvalue weighted by molar-refractivity contribution is 7.12. The Hall–Kier alpha value is -2.34. The normalized spacial score (nSPS) is 11.8. The van der Waals surface area contributed by atoms with Crippen molar-refractivity contribution in [3.05, 3.63) is 51.7 Å². The molecular formula is C18H22N2O3S. The van der Waals surface area contributed by atoms with E-state index in [1.165, 1.54) is 11.3 Å². The van der Waals surface area contributed by atoms with E-state index < -0.39 is 11.8 Å². The molecule has 0 unspecified atom stereocenters. The Morgan fingerprint density at radius 1 is 1.25 bits per heavy atom. The van der Waals surface area contributed by atoms with E-state index in [2.05, 4.69) is 5.32 Å². The van der Waals surface area contributed by atoms with Crippen molar-refractivity contribution in [1.82, 2.24) is 5.32 Å². The van der Waals surface area contributed by atoms with Crippen molar-refractivity contribution in [1.29, 1.82) is 0 Å². The molecule has 0 aliphatic carbocycles. The zero-order chi connectivity index (χ0) is 17.5. The number of benzene rings is 1. The van der Waals surface area contributed by atoms with Crippen LogP contribution in [0.2, 0.25) is 0 Å². The first-order valence-electron chi connectivity index (χ1n) is 7.84. The maximum atomic E-state index is 12.2. The van der Waals surface area contributed by atoms with Gasteiger partial charge >= 0.3 is 0 Å². The van der Waals surface area contributed by atoms with Gasteiger partial charge in [0.05, 0.1) is 17.4 Å². The number of thiophene rings is 1. The highest BCUT2D eigenvalue weighted by atomic mass is 32.1. The van der Waals surface area contributed by atoms with E-state index in [1.807, 2.05) is 49.6 Å². The first-order chi connectivity index (χ1) is 11.5. The van der Waals surface area contributed by atoms with Gasteiger partial charge in [-0.2, -0.15) is 0 Å². The average Bonchev–Trinajstić information content (AvgIpc) is 2.99. The van der Waals surface area contributed by atoms with Gasteiger partial charge in [-0.15, -0.1) is 11.3 Å². The van der Waals surface area contributed by atoms with Crippen LogP contribution in [0, 0.1) is 12.8 Å². The monoisotopic (exact) mass is 346 g/mol. The molecule has 0 bridgehead atoms. The summed E-state index contributed by atoms with van der Waals surface area (Å²) in [4.78, 5) is 24.5. The molecule has 3 N–H and O–H groups in total. The molecule has 128 valence electrons. The van der Waals surface area contributed by atoms with Crippen LogP contribution in [0.5, 0.6) is 5.75 Å². The number of hydrogen-bond acceptors (Lipinski definition) is 4. The summed E-state index contributed by atoms with van der Waals surface area (Å²) in [6.45, 7) is 4.64. The van der Waals surface area contributed by atoms with Gasteiger partial charge in [0.15, 0.2) is 0 Å². The Morgan fingerprint density at radius 2 is 1.96 bits per heavy atom. The summed E-state index contributed by atoms with van der Waals surface area (Å²) >= 11 is 1.39. The van der Waals surface area contributed by atoms with Crippen LogP contribution in [0.15, 0.2) is 35.7 Å². The van der Waals surface area contributed by atoms with Crippen LogP contribution >= 0.6 is 11.3 Å². The number of rotatable bonds is 8. The van der Waals surface area contributed by atoms with E-state index in [-0.39, 0.29) is 12.5 Å². The van der Waals surface area contributed by atoms with Crippen LogP contribution in [-0.2, 0) is 11.2 Å². The lowest BCUT2D eigenvalue weighted by Crippen LogP contribution is -2.37. The van der Waals surface area contributed by atoms with E-state index >= 15 is 0 Å². The highest BCUT2D eigenvalue weighted by Gasteiger charge is 2.18. The summed E-state index contributed by atoms with van der Waals surface area (Å²) in [7, 11) is 0. The molecule has 0 saturated heterocycles. The number of nitrogens with one attached hydrogen (secondary N) is 1. The fourth-order valence-corrected chi connectivity index (χ4v) is 3.19. The van der Waals surface area contributed by atoms with Gasteiger partial charge in [0.2, 0.25) is 5.91 Å². The van der Waals surface area contributed by atoms with Crippen LogP contribution < -0.4 is 15.8 Å². The van der Waals surface area contributed by atoms with Crippen LogP contribution in [0.1, 0.15) is 27.7 Å². The van der Waals surface area contributed by atoms with Gasteiger partial charge in [-0.25, -0.2) is 0 Å². The minimum atomic E-state index is -0.452. The minimum absolute atomic E-state index is 0.166. The predicted octanol–water partition coefficient (Wildman–Crippen LogP) is 2.53. The summed E-state index contributed by atoms with van der Waals surface area (Å²) in [5, 5.41) is 4.68. The predicted molar refractivity (Wildman–Crippen MR) is 95.4 cm³/mol. The van der Waals surface area contributed by atoms with Crippen molar-refractivity contribution in [2.75, 3.05) is 13.2 Å². The SMILES string of the molecule is CCOc1ccc(C[C@H](CNC(=O)c2sccc2C)C(N)=O)cc1. The van der Waals surface area contributed by atoms with Crippen molar-refractivity contribution in [3.8, 4) is 5.75 Å². The highest BCUT2D eigenvalue weighted by Crippen LogP contribution is 2.17. The lowest BCUT2D eigenvalue weighted by Gasteiger charge is -2.15. The number of carbonyl (C=O) groups is 2. The molecule has 6 heteroatoms. The summed E-state index contributed by atoms with van der Waals surface area (Å²) in [6.07, 6.45) is 0.478. The van der Waals surface area contributed by atoms with E-state index in [0.29, 0.717) is 17.9 Å². The molecular weight excluding hydrogens is 324 g/mol. The van der Waals surface area contributed by atoms with Crippen LogP contribution in [0.25, 0.3) is 0 Å². The summed E-state index contributed by atoms with van der Waals surface area (Å²) in [6, 6.07) is 9.44. The molecule has 0 aliphatic rings. The molecule has 0 fully saturated rings. The summed E-state index contributed by atoms with van der Waals surface area (Å²) in [5.41, 5.74) is 7.39. The van der Waals surface area contributed by atoms with Crippen molar-refractivity contribution in [2.24, 2.45) is 11.7 Å². The quantitative estimate of drug-likeness (QED) is 0.771. The third-order valence-corrected chi connectivity index (χ3v) is 4.71. The molecule has 0 saturated carbocycles. The third-order valence-electron chi connectivity index (χ3n) is 3.70. The van der Waals surface area contributed by atoms with E-state index in [9.17, 15) is 9.59 Å². The van der Waals surface area contributed by atoms with E-state index in [1.54, 1.807) is 0 Å². The topological polar surface area (TPSA) is 81.4 Å². The lowest BCUT2D eigenvalue weighted by atomic mass is 9.98. The molecule has 2 aromatic rings. The van der Waals surface area contributed by atoms with Gasteiger partial charge in [-0.05, 0) is 55.0 Å². The molecule has 24 heavy (non-hydrogen) atoms. The van der Waals surface area contributed by atoms with E-state index in [4.69, 9.17) is 10.5 Å². The lowest BCUT2D eigenvalue weighted by molar-refractivity contribution is -0.121. The molecule has 2 rings (SSSR count). The Kier molecular flexibility index (Phi) is 6.37. The molecule has 1 heterocycles. The Bertz CT molecular complexity index is 695. The number of hydrogen-bond donors (Lipinski definition) is 2. The third kappa shape index (κ3) is 4.83. The zero-order valence-electron chi connectivity index (χ0n) is 13.9. The van der Waals surface area contributed by atoms with Crippen LogP contribution in [0.3, 0.4) is 0 Å². The fraction of sp³-hybridized carbons (Fsp3) is 0.333. The average molecular weight is 346 g/mol. The Labute approximate surface area is 145 Å². The number of ether oxygens (including phenoxy) is 1. The van der Waals surface area contributed by atoms with E-state index in [0.717, 1.165) is 16.9 Å². The van der Waals surface area contributed by atoms with Crippen LogP contribution in [-0.4, -0.2) is 25.0 Å². The van der Waals surface area contributed by atoms with Crippen molar-refractivity contribution >= 4 is 23.2 Å². The summed E-state index contributed by atoms with van der Waals surface area (Å²) in [5.74, 6) is -0.252. The number of aryl methyl sites for hydroxylation is 1. The Morgan fingerprint density at radius 3 is 2.50 bits per heavy atom. The zero-order valence-corrected chi connectivity index (χ0v) is 14.7. The van der Waals surface area contributed by atoms with Crippen molar-refractivity contribution < 1.29 is 14.3 Å². The van der Waals surface area contributed by atoms with Gasteiger partial charge < -0.3 is 15.8 Å². The standard InChI is InChI=1S/C18H22N2O3S/c1-3-23-15-6-4-13(5-7-15)10-14(17(19)21)11-20-18(22)16-12(2)8-9-24-16/h4-9,14H,3,10-11H2,1-2H3,(H2,19,21)(H,20,22)/t14-/m1/s1. The van der Waals surface area contributed by atoms with Gasteiger partial charge in [0, 0.05) is 6.54 Å². The molecule has 0 radical (unpaired) electrons. The Balaban J connectivity index is 1.95. The van der Waals surface area contributed by atoms with Gasteiger partial charge in [-0.3, -0.25) is 9.59 Å². The molecule has 1 aromatic heterocycles. The molecule has 2 amide bonds. The number of carbonyl (C=O) groups excluding carboxylic acids is 2. The fourth-order valence-electron chi connectivity index (χ4n) is 2.35. The largest absolute Gasteiger partial charge is 0.494 e. The van der Waals surface area contributed by atoms with Gasteiger partial charge in [0.1, 0.15) is 5.75 Å². The first-order valence-corrected chi connectivity index (χ1v) is 8.72. The molecule has 1 aromatic carbocycles. The van der Waals surface area contributed by atoms with Crippen molar-refractivity contribution in [2.45, 2.75) is 20.3 Å². The minimum Gasteiger partial charge on any atom is -0.494 e. The van der Waals surface area contributed by atoms with Gasteiger partial charge in [0.25, 0.3) is 5.91 Å². The maximum absolute atomic E-state index is 12.2. The second-order valence-corrected chi connectivity index (χ2v) is 6.44. The second kappa shape index (κ2) is 8.49. The van der Waals surface area contributed by atoms with Crippen LogP contribution in [0.4, 0.5) is 0 Å². The number of nitrogens with two attached hydrogens (primary N) is 1. The second-order valence-electron chi connectivity index (χ2n) is 5.52. The van der Waals surface area contributed by atoms with Crippen molar-refractivity contribution in [3.63, 3.8) is 0 Å². The van der Waals surface area contributed by atoms with Gasteiger partial charge in [-0.1, -0.05) is 12.1 Å². The number of primary amides is 1. The molecule has 0 spiro atoms. The smallest absolute Gasteiger partial charge is 0.261 e. The maximum Gasteiger partial charge on any atom is 0.261 e. The molecule has 1 atom stereocenters. The summed E-state index contributed by atoms with van der Waals surface area (Å²) < 4.78 is 5.40.